The van der Waals surface area contributed by atoms with Crippen LogP contribution in [-0.4, -0.2) is 18.4 Å². The molecule has 4 nitrogen and oxygen atoms in total. The first-order chi connectivity index (χ1) is 8.11. The summed E-state index contributed by atoms with van der Waals surface area (Å²) in [5.74, 6) is -0.0195. The molecule has 100 valence electrons. The highest BCUT2D eigenvalue weighted by Crippen LogP contribution is 2.32. The normalized spacial score (nSPS) is 17.5. The molecule has 0 aliphatic heterocycles. The number of aryl methyl sites for hydroxylation is 1. The Hall–Kier alpha value is -1.07. The third-order valence-corrected chi connectivity index (χ3v) is 4.21. The van der Waals surface area contributed by atoms with Crippen LogP contribution in [0.1, 0.15) is 28.7 Å². The van der Waals surface area contributed by atoms with Gasteiger partial charge in [0.25, 0.3) is 0 Å². The molecule has 0 spiro atoms. The van der Waals surface area contributed by atoms with Crippen molar-refractivity contribution < 1.29 is 9.53 Å². The molecule has 0 fully saturated rings. The van der Waals surface area contributed by atoms with Gasteiger partial charge in [-0.25, -0.2) is 0 Å². The van der Waals surface area contributed by atoms with Gasteiger partial charge in [0.15, 0.2) is 0 Å². The van der Waals surface area contributed by atoms with Gasteiger partial charge >= 0.3 is 5.97 Å². The second kappa shape index (κ2) is 6.20. The highest BCUT2D eigenvalue weighted by molar-refractivity contribution is 7.14. The molecule has 0 amide bonds. The summed E-state index contributed by atoms with van der Waals surface area (Å²) in [6.45, 7) is 2.26. The van der Waals surface area contributed by atoms with E-state index in [1.807, 2.05) is 13.0 Å². The maximum atomic E-state index is 11.7. The highest BCUT2D eigenvalue weighted by Gasteiger charge is 2.27. The zero-order valence-electron chi connectivity index (χ0n) is 10.2. The topological polar surface area (TPSA) is 76.2 Å². The molecule has 18 heavy (non-hydrogen) atoms. The van der Waals surface area contributed by atoms with Crippen LogP contribution in [0.5, 0.6) is 0 Å². The molecule has 2 rings (SSSR count). The molecule has 1 unspecified atom stereocenters. The number of hydrogen-bond donors (Lipinski definition) is 2. The maximum Gasteiger partial charge on any atom is 0.309 e. The number of nitrogens with one attached hydrogen (secondary N) is 1. The number of hydrogen-bond acceptors (Lipinski definition) is 4. The second-order valence-corrected chi connectivity index (χ2v) is 5.30. The zero-order chi connectivity index (χ0) is 12.4. The van der Waals surface area contributed by atoms with Crippen LogP contribution < -0.4 is 5.73 Å². The summed E-state index contributed by atoms with van der Waals surface area (Å²) in [4.78, 5) is 13.6. The number of esters is 1. The predicted octanol–water partition coefficient (Wildman–Crippen LogP) is 2.12. The molecule has 6 heteroatoms. The Morgan fingerprint density at radius 2 is 2.39 bits per heavy atom. The second-order valence-electron chi connectivity index (χ2n) is 4.16. The Morgan fingerprint density at radius 3 is 3.00 bits per heavy atom. The van der Waals surface area contributed by atoms with Crippen LogP contribution in [0, 0.1) is 11.3 Å². The van der Waals surface area contributed by atoms with Crippen LogP contribution in [-0.2, 0) is 22.4 Å². The molecule has 1 atom stereocenters. The number of carbonyl (C=O) groups excluding carboxylic acids is 1. The average molecular weight is 289 g/mol. The van der Waals surface area contributed by atoms with Crippen LogP contribution in [0.2, 0.25) is 0 Å². The fourth-order valence-electron chi connectivity index (χ4n) is 2.10. The van der Waals surface area contributed by atoms with Gasteiger partial charge in [-0.05, 0) is 37.8 Å². The Balaban J connectivity index is 0.00000162. The van der Waals surface area contributed by atoms with Crippen molar-refractivity contribution in [2.75, 3.05) is 6.61 Å². The lowest BCUT2D eigenvalue weighted by molar-refractivity contribution is -0.148. The van der Waals surface area contributed by atoms with Crippen LogP contribution in [0.4, 0.5) is 0 Å². The number of rotatable bonds is 3. The Morgan fingerprint density at radius 1 is 1.67 bits per heavy atom. The van der Waals surface area contributed by atoms with E-state index in [0.29, 0.717) is 6.61 Å². The summed E-state index contributed by atoms with van der Waals surface area (Å²) >= 11 is 1.53. The number of nitrogen functional groups attached to an aromatic ring is 1. The van der Waals surface area contributed by atoms with E-state index in [9.17, 15) is 4.79 Å². The maximum absolute atomic E-state index is 11.7. The monoisotopic (exact) mass is 288 g/mol. The summed E-state index contributed by atoms with van der Waals surface area (Å²) in [7, 11) is 0. The highest BCUT2D eigenvalue weighted by atomic mass is 35.5. The first kappa shape index (κ1) is 15.0. The van der Waals surface area contributed by atoms with E-state index in [1.54, 1.807) is 0 Å². The number of halogens is 1. The lowest BCUT2D eigenvalue weighted by Crippen LogP contribution is -2.23. The van der Waals surface area contributed by atoms with Crippen LogP contribution in [0.15, 0.2) is 6.07 Å². The van der Waals surface area contributed by atoms with Crippen molar-refractivity contribution in [3.63, 3.8) is 0 Å². The molecule has 1 heterocycles. The van der Waals surface area contributed by atoms with Crippen molar-refractivity contribution in [3.05, 3.63) is 21.4 Å². The van der Waals surface area contributed by atoms with Gasteiger partial charge in [-0.1, -0.05) is 0 Å². The van der Waals surface area contributed by atoms with Crippen LogP contribution in [0.3, 0.4) is 0 Å². The van der Waals surface area contributed by atoms with E-state index < -0.39 is 0 Å². The third kappa shape index (κ3) is 3.03. The first-order valence-electron chi connectivity index (χ1n) is 5.74. The molecule has 0 aromatic carbocycles. The van der Waals surface area contributed by atoms with Gasteiger partial charge in [0.2, 0.25) is 0 Å². The summed E-state index contributed by atoms with van der Waals surface area (Å²) < 4.78 is 5.05. The van der Waals surface area contributed by atoms with E-state index in [2.05, 4.69) is 0 Å². The van der Waals surface area contributed by atoms with Crippen molar-refractivity contribution in [2.45, 2.75) is 26.2 Å². The van der Waals surface area contributed by atoms with E-state index in [-0.39, 0.29) is 30.1 Å². The van der Waals surface area contributed by atoms with Gasteiger partial charge in [-0.2, -0.15) is 0 Å². The SMILES string of the molecule is CCOC(=O)C1CCc2cc(C(=N)N)sc2C1.Cl. The minimum atomic E-state index is -0.101. The molecular formula is C12H17ClN2O2S. The summed E-state index contributed by atoms with van der Waals surface area (Å²) in [5, 5.41) is 7.41. The van der Waals surface area contributed by atoms with Gasteiger partial charge < -0.3 is 10.5 Å². The molecule has 0 saturated carbocycles. The Kier molecular flexibility index (Phi) is 5.16. The molecule has 3 N–H and O–H groups in total. The third-order valence-electron chi connectivity index (χ3n) is 2.98. The number of thiophene rings is 1. The Bertz CT molecular complexity index is 459. The molecule has 1 aromatic rings. The molecule has 0 radical (unpaired) electrons. The van der Waals surface area contributed by atoms with Gasteiger partial charge in [-0.15, -0.1) is 23.7 Å². The summed E-state index contributed by atoms with van der Waals surface area (Å²) in [6, 6.07) is 1.98. The lowest BCUT2D eigenvalue weighted by atomic mass is 9.89. The molecule has 0 bridgehead atoms. The zero-order valence-corrected chi connectivity index (χ0v) is 11.8. The van der Waals surface area contributed by atoms with E-state index >= 15 is 0 Å². The van der Waals surface area contributed by atoms with Gasteiger partial charge in [0.1, 0.15) is 5.84 Å². The fourth-order valence-corrected chi connectivity index (χ4v) is 3.25. The minimum Gasteiger partial charge on any atom is -0.466 e. The van der Waals surface area contributed by atoms with Crippen molar-refractivity contribution in [2.24, 2.45) is 11.7 Å². The van der Waals surface area contributed by atoms with Crippen molar-refractivity contribution in [3.8, 4) is 0 Å². The molecular weight excluding hydrogens is 272 g/mol. The number of fused-ring (bicyclic) bond motifs is 1. The largest absolute Gasteiger partial charge is 0.466 e. The van der Waals surface area contributed by atoms with Crippen molar-refractivity contribution >= 4 is 35.5 Å². The molecule has 1 aromatic heterocycles. The van der Waals surface area contributed by atoms with E-state index in [0.717, 1.165) is 24.1 Å². The summed E-state index contributed by atoms with van der Waals surface area (Å²) in [6.07, 6.45) is 2.44. The standard InChI is InChI=1S/C12H16N2O2S.ClH/c1-2-16-12(15)8-4-3-7-5-10(11(13)14)17-9(7)6-8;/h5,8H,2-4,6H2,1H3,(H3,13,14);1H. The molecule has 0 saturated heterocycles. The van der Waals surface area contributed by atoms with E-state index in [4.69, 9.17) is 15.9 Å². The molecule has 1 aliphatic carbocycles. The Labute approximate surface area is 116 Å². The fraction of sp³-hybridized carbons (Fsp3) is 0.500. The number of nitrogens with two attached hydrogens (primary N) is 1. The quantitative estimate of drug-likeness (QED) is 0.508. The number of ether oxygens (including phenoxy) is 1. The van der Waals surface area contributed by atoms with E-state index in [1.165, 1.54) is 21.8 Å². The molecule has 1 aliphatic rings. The van der Waals surface area contributed by atoms with Crippen LogP contribution in [0.25, 0.3) is 0 Å². The van der Waals surface area contributed by atoms with Crippen LogP contribution >= 0.6 is 23.7 Å². The minimum absolute atomic E-state index is 0. The lowest BCUT2D eigenvalue weighted by Gasteiger charge is -2.19. The first-order valence-corrected chi connectivity index (χ1v) is 6.56. The van der Waals surface area contributed by atoms with Crippen molar-refractivity contribution in [1.29, 1.82) is 5.41 Å². The average Bonchev–Trinajstić information content (AvgIpc) is 2.71. The summed E-state index contributed by atoms with van der Waals surface area (Å²) in [5.41, 5.74) is 6.71. The predicted molar refractivity (Wildman–Crippen MR) is 74.7 cm³/mol. The van der Waals surface area contributed by atoms with Gasteiger partial charge in [0.05, 0.1) is 17.4 Å². The van der Waals surface area contributed by atoms with Gasteiger partial charge in [0, 0.05) is 4.88 Å². The van der Waals surface area contributed by atoms with Crippen molar-refractivity contribution in [1.82, 2.24) is 0 Å². The number of amidine groups is 1. The number of carbonyl (C=O) groups is 1. The van der Waals surface area contributed by atoms with Gasteiger partial charge in [-0.3, -0.25) is 10.2 Å². The smallest absolute Gasteiger partial charge is 0.309 e.